The average molecular weight is 601 g/mol. The van der Waals surface area contributed by atoms with Crippen molar-refractivity contribution in [1.82, 2.24) is 20.1 Å². The molecule has 1 aliphatic heterocycles. The second-order valence-electron chi connectivity index (χ2n) is 9.23. The Balaban J connectivity index is 1.57. The molecule has 0 aliphatic carbocycles. The lowest BCUT2D eigenvalue weighted by atomic mass is 9.99. The number of amides is 2. The number of pyridine rings is 1. The number of aryl methyl sites for hydroxylation is 1. The van der Waals surface area contributed by atoms with Crippen molar-refractivity contribution >= 4 is 46.4 Å². The molecular formula is C24H27Cl2F5N4O2S. The Labute approximate surface area is 231 Å². The molecule has 0 aromatic carbocycles. The minimum absolute atomic E-state index is 0.000254. The summed E-state index contributed by atoms with van der Waals surface area (Å²) in [5.41, 5.74) is 1.31. The van der Waals surface area contributed by atoms with Gasteiger partial charge >= 0.3 is 18.0 Å². The van der Waals surface area contributed by atoms with E-state index in [9.17, 15) is 31.5 Å². The van der Waals surface area contributed by atoms with Gasteiger partial charge in [-0.2, -0.15) is 33.3 Å². The fourth-order valence-corrected chi connectivity index (χ4v) is 5.70. The number of hydrogen-bond donors (Lipinski definition) is 1. The second kappa shape index (κ2) is 12.4. The summed E-state index contributed by atoms with van der Waals surface area (Å²) in [6.45, 7) is 4.42. The smallest absolute Gasteiger partial charge is 0.352 e. The number of rotatable bonds is 9. The molecule has 2 amide bonds. The van der Waals surface area contributed by atoms with Gasteiger partial charge in [0.05, 0.1) is 5.56 Å². The van der Waals surface area contributed by atoms with Crippen LogP contribution in [0, 0.1) is 6.92 Å². The first-order valence-corrected chi connectivity index (χ1v) is 13.5. The van der Waals surface area contributed by atoms with Gasteiger partial charge in [-0.3, -0.25) is 9.59 Å². The van der Waals surface area contributed by atoms with Gasteiger partial charge < -0.3 is 15.1 Å². The molecule has 210 valence electrons. The molecule has 38 heavy (non-hydrogen) atoms. The van der Waals surface area contributed by atoms with Crippen molar-refractivity contribution in [3.63, 3.8) is 0 Å². The van der Waals surface area contributed by atoms with Crippen molar-refractivity contribution in [2.45, 2.75) is 63.8 Å². The van der Waals surface area contributed by atoms with Crippen LogP contribution < -0.4 is 5.32 Å². The van der Waals surface area contributed by atoms with Crippen LogP contribution in [-0.2, 0) is 11.3 Å². The van der Waals surface area contributed by atoms with Gasteiger partial charge in [0.1, 0.15) is 10.3 Å². The summed E-state index contributed by atoms with van der Waals surface area (Å²) >= 11 is 13.2. The zero-order valence-electron chi connectivity index (χ0n) is 20.6. The van der Waals surface area contributed by atoms with E-state index in [0.29, 0.717) is 42.1 Å². The monoisotopic (exact) mass is 600 g/mol. The summed E-state index contributed by atoms with van der Waals surface area (Å²) in [6.07, 6.45) is -4.93. The van der Waals surface area contributed by atoms with E-state index in [1.165, 1.54) is 17.4 Å². The van der Waals surface area contributed by atoms with Crippen LogP contribution in [0.25, 0.3) is 0 Å². The fraction of sp³-hybridized carbons (Fsp3) is 0.542. The third-order valence-electron chi connectivity index (χ3n) is 6.60. The third-order valence-corrected chi connectivity index (χ3v) is 7.80. The highest BCUT2D eigenvalue weighted by Gasteiger charge is 2.65. The molecular weight excluding hydrogens is 574 g/mol. The number of carbonyl (C=O) groups excluding carboxylic acids is 2. The van der Waals surface area contributed by atoms with E-state index >= 15 is 0 Å². The Morgan fingerprint density at radius 2 is 1.89 bits per heavy atom. The molecule has 3 rings (SSSR count). The number of thiophene rings is 1. The van der Waals surface area contributed by atoms with Crippen LogP contribution in [0.1, 0.15) is 47.7 Å². The van der Waals surface area contributed by atoms with Crippen molar-refractivity contribution in [3.8, 4) is 0 Å². The number of alkyl halides is 5. The fourth-order valence-electron chi connectivity index (χ4n) is 4.42. The maximum atomic E-state index is 14.0. The summed E-state index contributed by atoms with van der Waals surface area (Å²) in [5, 5.41) is 6.26. The molecule has 2 aromatic rings. The van der Waals surface area contributed by atoms with Crippen LogP contribution >= 0.6 is 34.5 Å². The quantitative estimate of drug-likeness (QED) is 0.285. The highest BCUT2D eigenvalue weighted by atomic mass is 35.5. The zero-order chi connectivity index (χ0) is 28.3. The van der Waals surface area contributed by atoms with Gasteiger partial charge in [-0.05, 0) is 67.1 Å². The van der Waals surface area contributed by atoms with E-state index in [1.807, 2.05) is 6.92 Å². The largest absolute Gasteiger partial charge is 0.463 e. The van der Waals surface area contributed by atoms with Gasteiger partial charge in [-0.25, -0.2) is 4.98 Å². The minimum atomic E-state index is -5.97. The summed E-state index contributed by atoms with van der Waals surface area (Å²) in [6, 6.07) is 2.35. The number of halogens is 7. The number of nitrogens with zero attached hydrogens (tertiary/aromatic N) is 3. The van der Waals surface area contributed by atoms with E-state index in [4.69, 9.17) is 23.2 Å². The van der Waals surface area contributed by atoms with Crippen LogP contribution in [0.2, 0.25) is 10.3 Å². The molecule has 1 N–H and O–H groups in total. The molecule has 0 bridgehead atoms. The van der Waals surface area contributed by atoms with Gasteiger partial charge in [0.2, 0.25) is 0 Å². The molecule has 1 fully saturated rings. The number of piperidine rings is 1. The predicted molar refractivity (Wildman–Crippen MR) is 136 cm³/mol. The van der Waals surface area contributed by atoms with Crippen molar-refractivity contribution in [3.05, 3.63) is 49.9 Å². The summed E-state index contributed by atoms with van der Waals surface area (Å²) in [5.74, 6) is -8.08. The summed E-state index contributed by atoms with van der Waals surface area (Å²) in [4.78, 5) is 31.6. The Hall–Kier alpha value is -2.02. The maximum absolute atomic E-state index is 14.0. The average Bonchev–Trinajstić information content (AvgIpc) is 3.34. The van der Waals surface area contributed by atoms with Crippen molar-refractivity contribution in [1.29, 1.82) is 0 Å². The predicted octanol–water partition coefficient (Wildman–Crippen LogP) is 5.96. The highest BCUT2D eigenvalue weighted by Crippen LogP contribution is 2.38. The molecule has 0 saturated carbocycles. The molecule has 1 aliphatic rings. The molecule has 6 nitrogen and oxygen atoms in total. The van der Waals surface area contributed by atoms with Gasteiger partial charge in [0.25, 0.3) is 5.91 Å². The SMILES string of the molecule is Cc1cc(Cl)nc(Cl)c1C(=O)NCCC(C)N1CCC(N(Cc2ccsc2)C(=O)C(F)(F)C(F)(F)F)CC1. The first-order chi connectivity index (χ1) is 17.7. The van der Waals surface area contributed by atoms with Crippen molar-refractivity contribution in [2.75, 3.05) is 19.6 Å². The third kappa shape index (κ3) is 7.13. The van der Waals surface area contributed by atoms with Crippen molar-refractivity contribution in [2.24, 2.45) is 0 Å². The van der Waals surface area contributed by atoms with Crippen LogP contribution in [0.5, 0.6) is 0 Å². The minimum Gasteiger partial charge on any atom is -0.352 e. The normalized spacial score (nSPS) is 16.3. The zero-order valence-corrected chi connectivity index (χ0v) is 23.0. The molecule has 0 radical (unpaired) electrons. The Morgan fingerprint density at radius 1 is 1.24 bits per heavy atom. The second-order valence-corrected chi connectivity index (χ2v) is 10.8. The lowest BCUT2D eigenvalue weighted by Gasteiger charge is -2.41. The lowest BCUT2D eigenvalue weighted by Crippen LogP contribution is -2.57. The molecule has 14 heteroatoms. The Morgan fingerprint density at radius 3 is 2.45 bits per heavy atom. The van der Waals surface area contributed by atoms with Gasteiger partial charge in [0.15, 0.2) is 0 Å². The standard InChI is InChI=1S/C24H27Cl2F5N4O2S/c1-14-11-18(25)33-20(26)19(14)21(36)32-7-3-15(2)34-8-4-17(5-9-34)35(12-16-6-10-38-13-16)22(37)23(27,28)24(29,30)31/h6,10-11,13,15,17H,3-5,7-9,12H2,1-2H3,(H,32,36). The number of nitrogens with one attached hydrogen (secondary N) is 1. The van der Waals surface area contributed by atoms with E-state index in [2.05, 4.69) is 15.2 Å². The molecule has 3 heterocycles. The summed E-state index contributed by atoms with van der Waals surface area (Å²) < 4.78 is 66.8. The van der Waals surface area contributed by atoms with Gasteiger partial charge in [0, 0.05) is 38.3 Å². The van der Waals surface area contributed by atoms with E-state index < -0.39 is 30.0 Å². The molecule has 1 unspecified atom stereocenters. The van der Waals surface area contributed by atoms with Gasteiger partial charge in [-0.15, -0.1) is 0 Å². The highest BCUT2D eigenvalue weighted by molar-refractivity contribution is 7.07. The van der Waals surface area contributed by atoms with Crippen LogP contribution in [0.15, 0.2) is 22.9 Å². The molecule has 1 atom stereocenters. The lowest BCUT2D eigenvalue weighted by molar-refractivity contribution is -0.275. The van der Waals surface area contributed by atoms with Crippen molar-refractivity contribution < 1.29 is 31.5 Å². The first kappa shape index (κ1) is 30.5. The number of aromatic nitrogens is 1. The van der Waals surface area contributed by atoms with E-state index in [-0.39, 0.29) is 41.3 Å². The van der Waals surface area contributed by atoms with Crippen LogP contribution in [-0.4, -0.2) is 70.4 Å². The van der Waals surface area contributed by atoms with Gasteiger partial charge in [-0.1, -0.05) is 23.2 Å². The maximum Gasteiger partial charge on any atom is 0.463 e. The van der Waals surface area contributed by atoms with E-state index in [0.717, 1.165) is 0 Å². The Bertz CT molecular complexity index is 1100. The molecule has 2 aromatic heterocycles. The van der Waals surface area contributed by atoms with E-state index in [1.54, 1.807) is 23.8 Å². The number of carbonyl (C=O) groups is 2. The van der Waals surface area contributed by atoms with Crippen LogP contribution in [0.4, 0.5) is 22.0 Å². The first-order valence-electron chi connectivity index (χ1n) is 11.8. The topological polar surface area (TPSA) is 65.5 Å². The molecule has 0 spiro atoms. The summed E-state index contributed by atoms with van der Waals surface area (Å²) in [7, 11) is 0. The molecule has 1 saturated heterocycles. The van der Waals surface area contributed by atoms with Crippen LogP contribution in [0.3, 0.4) is 0 Å². The number of likely N-dealkylation sites (tertiary alicyclic amines) is 1. The Kier molecular flexibility index (Phi) is 9.99. The number of hydrogen-bond acceptors (Lipinski definition) is 5.